The summed E-state index contributed by atoms with van der Waals surface area (Å²) in [6.45, 7) is 2.96. The van der Waals surface area contributed by atoms with E-state index in [9.17, 15) is 4.79 Å². The summed E-state index contributed by atoms with van der Waals surface area (Å²) in [5.41, 5.74) is 2.47. The lowest BCUT2D eigenvalue weighted by molar-refractivity contribution is 0.112. The first-order valence-corrected chi connectivity index (χ1v) is 5.91. The molecule has 3 nitrogen and oxygen atoms in total. The molecular formula is C13H13ClN2O. The molecular weight excluding hydrogens is 236 g/mol. The highest BCUT2D eigenvalue weighted by Crippen LogP contribution is 2.24. The Bertz CT molecular complexity index is 534. The average molecular weight is 249 g/mol. The molecule has 1 aromatic carbocycles. The van der Waals surface area contributed by atoms with Crippen LogP contribution in [0.2, 0.25) is 5.02 Å². The second-order valence-corrected chi connectivity index (χ2v) is 4.20. The summed E-state index contributed by atoms with van der Waals surface area (Å²) in [4.78, 5) is 10.9. The van der Waals surface area contributed by atoms with Crippen LogP contribution in [-0.2, 0) is 6.54 Å². The number of hydrogen-bond donors (Lipinski definition) is 0. The summed E-state index contributed by atoms with van der Waals surface area (Å²) in [6.07, 6.45) is 3.55. The fourth-order valence-electron chi connectivity index (χ4n) is 1.76. The molecule has 0 bridgehead atoms. The zero-order chi connectivity index (χ0) is 12.3. The standard InChI is InChI=1S/C13H13ClN2O/c1-2-7-16-13(5-6-15-16)10-3-4-12(14)11(8-10)9-17/h3-6,8-9H,2,7H2,1H3. The molecule has 0 fully saturated rings. The van der Waals surface area contributed by atoms with E-state index in [1.165, 1.54) is 0 Å². The van der Waals surface area contributed by atoms with E-state index >= 15 is 0 Å². The number of nitrogens with zero attached hydrogens (tertiary/aromatic N) is 2. The molecule has 1 aromatic heterocycles. The minimum absolute atomic E-state index is 0.477. The lowest BCUT2D eigenvalue weighted by Crippen LogP contribution is -2.01. The SMILES string of the molecule is CCCn1nccc1-c1ccc(Cl)c(C=O)c1. The Morgan fingerprint density at radius 2 is 2.24 bits per heavy atom. The average Bonchev–Trinajstić information content (AvgIpc) is 2.78. The van der Waals surface area contributed by atoms with Gasteiger partial charge in [-0.3, -0.25) is 9.48 Å². The molecule has 2 rings (SSSR count). The van der Waals surface area contributed by atoms with Gasteiger partial charge in [-0.05, 0) is 24.6 Å². The van der Waals surface area contributed by atoms with Crippen LogP contribution >= 0.6 is 11.6 Å². The lowest BCUT2D eigenvalue weighted by Gasteiger charge is -2.07. The lowest BCUT2D eigenvalue weighted by atomic mass is 10.1. The van der Waals surface area contributed by atoms with Crippen LogP contribution in [0.4, 0.5) is 0 Å². The molecule has 0 radical (unpaired) electrons. The third-order valence-electron chi connectivity index (χ3n) is 2.57. The van der Waals surface area contributed by atoms with Crippen LogP contribution in [0, 0.1) is 0 Å². The topological polar surface area (TPSA) is 34.9 Å². The van der Waals surface area contributed by atoms with E-state index in [4.69, 9.17) is 11.6 Å². The van der Waals surface area contributed by atoms with Crippen molar-refractivity contribution in [3.8, 4) is 11.3 Å². The van der Waals surface area contributed by atoms with Gasteiger partial charge in [0.1, 0.15) is 0 Å². The molecule has 0 amide bonds. The van der Waals surface area contributed by atoms with Crippen LogP contribution in [0.25, 0.3) is 11.3 Å². The number of hydrogen-bond acceptors (Lipinski definition) is 2. The number of aryl methyl sites for hydroxylation is 1. The van der Waals surface area contributed by atoms with Crippen molar-refractivity contribution >= 4 is 17.9 Å². The van der Waals surface area contributed by atoms with Crippen molar-refractivity contribution in [3.05, 3.63) is 41.0 Å². The van der Waals surface area contributed by atoms with Gasteiger partial charge in [-0.2, -0.15) is 5.10 Å². The third-order valence-corrected chi connectivity index (χ3v) is 2.91. The van der Waals surface area contributed by atoms with E-state index in [-0.39, 0.29) is 0 Å². The summed E-state index contributed by atoms with van der Waals surface area (Å²) in [5.74, 6) is 0. The van der Waals surface area contributed by atoms with Crippen molar-refractivity contribution in [3.63, 3.8) is 0 Å². The molecule has 1 heterocycles. The predicted octanol–water partition coefficient (Wildman–Crippen LogP) is 3.43. The summed E-state index contributed by atoms with van der Waals surface area (Å²) in [7, 11) is 0. The van der Waals surface area contributed by atoms with E-state index in [0.717, 1.165) is 30.5 Å². The first-order valence-electron chi connectivity index (χ1n) is 5.53. The van der Waals surface area contributed by atoms with Gasteiger partial charge in [0.25, 0.3) is 0 Å². The van der Waals surface area contributed by atoms with E-state index in [1.807, 2.05) is 16.8 Å². The van der Waals surface area contributed by atoms with Crippen LogP contribution in [0.1, 0.15) is 23.7 Å². The Kier molecular flexibility index (Phi) is 3.59. The van der Waals surface area contributed by atoms with Crippen molar-refractivity contribution in [2.45, 2.75) is 19.9 Å². The van der Waals surface area contributed by atoms with Gasteiger partial charge in [0.15, 0.2) is 6.29 Å². The van der Waals surface area contributed by atoms with Gasteiger partial charge in [0, 0.05) is 23.9 Å². The number of rotatable bonds is 4. The normalized spacial score (nSPS) is 10.5. The fraction of sp³-hybridized carbons (Fsp3) is 0.231. The van der Waals surface area contributed by atoms with Crippen molar-refractivity contribution in [2.24, 2.45) is 0 Å². The highest BCUT2D eigenvalue weighted by Gasteiger charge is 2.07. The number of halogens is 1. The van der Waals surface area contributed by atoms with Crippen molar-refractivity contribution in [2.75, 3.05) is 0 Å². The van der Waals surface area contributed by atoms with Crippen molar-refractivity contribution in [1.82, 2.24) is 9.78 Å². The second kappa shape index (κ2) is 5.15. The molecule has 0 aliphatic heterocycles. The molecule has 0 aliphatic carbocycles. The molecule has 0 saturated heterocycles. The maximum Gasteiger partial charge on any atom is 0.151 e. The summed E-state index contributed by atoms with van der Waals surface area (Å²) in [6, 6.07) is 7.37. The van der Waals surface area contributed by atoms with E-state index in [2.05, 4.69) is 12.0 Å². The summed E-state index contributed by atoms with van der Waals surface area (Å²) >= 11 is 5.91. The quantitative estimate of drug-likeness (QED) is 0.777. The molecule has 0 N–H and O–H groups in total. The van der Waals surface area contributed by atoms with Gasteiger partial charge < -0.3 is 0 Å². The van der Waals surface area contributed by atoms with Gasteiger partial charge in [0.2, 0.25) is 0 Å². The van der Waals surface area contributed by atoms with Gasteiger partial charge in [-0.1, -0.05) is 24.6 Å². The number of benzene rings is 1. The Hall–Kier alpha value is -1.61. The Labute approximate surface area is 105 Å². The third kappa shape index (κ3) is 2.39. The highest BCUT2D eigenvalue weighted by atomic mass is 35.5. The summed E-state index contributed by atoms with van der Waals surface area (Å²) < 4.78 is 1.93. The maximum atomic E-state index is 10.9. The van der Waals surface area contributed by atoms with Gasteiger partial charge >= 0.3 is 0 Å². The van der Waals surface area contributed by atoms with Crippen molar-refractivity contribution < 1.29 is 4.79 Å². The van der Waals surface area contributed by atoms with Crippen LogP contribution in [0.3, 0.4) is 0 Å². The molecule has 88 valence electrons. The smallest absolute Gasteiger partial charge is 0.151 e. The van der Waals surface area contributed by atoms with E-state index < -0.39 is 0 Å². The molecule has 0 saturated carbocycles. The Balaban J connectivity index is 2.45. The highest BCUT2D eigenvalue weighted by molar-refractivity contribution is 6.33. The molecule has 17 heavy (non-hydrogen) atoms. The molecule has 0 spiro atoms. The van der Waals surface area contributed by atoms with Gasteiger partial charge in [0.05, 0.1) is 10.7 Å². The zero-order valence-corrected chi connectivity index (χ0v) is 10.3. The van der Waals surface area contributed by atoms with E-state index in [0.29, 0.717) is 10.6 Å². The van der Waals surface area contributed by atoms with E-state index in [1.54, 1.807) is 18.3 Å². The van der Waals surface area contributed by atoms with Crippen LogP contribution in [0.5, 0.6) is 0 Å². The second-order valence-electron chi connectivity index (χ2n) is 3.79. The number of aldehydes is 1. The number of carbonyl (C=O) groups excluding carboxylic acids is 1. The minimum atomic E-state index is 0.477. The molecule has 4 heteroatoms. The van der Waals surface area contributed by atoms with Crippen LogP contribution in [0.15, 0.2) is 30.5 Å². The minimum Gasteiger partial charge on any atom is -0.298 e. The Morgan fingerprint density at radius 3 is 2.94 bits per heavy atom. The largest absolute Gasteiger partial charge is 0.298 e. The predicted molar refractivity (Wildman–Crippen MR) is 68.4 cm³/mol. The monoisotopic (exact) mass is 248 g/mol. The molecule has 0 aliphatic rings. The maximum absolute atomic E-state index is 10.9. The van der Waals surface area contributed by atoms with Gasteiger partial charge in [-0.25, -0.2) is 0 Å². The van der Waals surface area contributed by atoms with Crippen LogP contribution < -0.4 is 0 Å². The first-order chi connectivity index (χ1) is 8.26. The number of aromatic nitrogens is 2. The fourth-order valence-corrected chi connectivity index (χ4v) is 1.92. The Morgan fingerprint density at radius 1 is 1.41 bits per heavy atom. The number of carbonyl (C=O) groups is 1. The molecule has 0 unspecified atom stereocenters. The van der Waals surface area contributed by atoms with Gasteiger partial charge in [-0.15, -0.1) is 0 Å². The van der Waals surface area contributed by atoms with Crippen LogP contribution in [-0.4, -0.2) is 16.1 Å². The zero-order valence-electron chi connectivity index (χ0n) is 9.56. The molecule has 2 aromatic rings. The van der Waals surface area contributed by atoms with Crippen molar-refractivity contribution in [1.29, 1.82) is 0 Å². The first kappa shape index (κ1) is 11.9. The molecule has 0 atom stereocenters. The summed E-state index contributed by atoms with van der Waals surface area (Å²) in [5, 5.41) is 4.73.